The molecule has 0 unspecified atom stereocenters. The molecule has 0 aliphatic rings. The molecule has 0 saturated carbocycles. The SMILES string of the molecule is Cn1cc2ccoc2n1. The zero-order valence-corrected chi connectivity index (χ0v) is 5.03. The van der Waals surface area contributed by atoms with E-state index in [1.165, 1.54) is 0 Å². The van der Waals surface area contributed by atoms with Gasteiger partial charge in [0, 0.05) is 13.2 Å². The Kier molecular flexibility index (Phi) is 0.704. The Balaban J connectivity index is 2.92. The van der Waals surface area contributed by atoms with E-state index in [4.69, 9.17) is 4.42 Å². The molecule has 2 aromatic heterocycles. The van der Waals surface area contributed by atoms with E-state index in [2.05, 4.69) is 5.10 Å². The molecule has 2 heterocycles. The lowest BCUT2D eigenvalue weighted by Gasteiger charge is -1.79. The van der Waals surface area contributed by atoms with Crippen LogP contribution in [-0.4, -0.2) is 9.78 Å². The number of aryl methyl sites for hydroxylation is 1. The molecule has 0 bridgehead atoms. The van der Waals surface area contributed by atoms with Crippen LogP contribution in [0.4, 0.5) is 0 Å². The summed E-state index contributed by atoms with van der Waals surface area (Å²) >= 11 is 0. The van der Waals surface area contributed by atoms with Crippen molar-refractivity contribution in [2.75, 3.05) is 0 Å². The van der Waals surface area contributed by atoms with Crippen molar-refractivity contribution >= 4 is 11.1 Å². The van der Waals surface area contributed by atoms with Gasteiger partial charge in [0.1, 0.15) is 0 Å². The van der Waals surface area contributed by atoms with E-state index in [1.807, 2.05) is 19.3 Å². The van der Waals surface area contributed by atoms with Gasteiger partial charge in [0.05, 0.1) is 11.6 Å². The topological polar surface area (TPSA) is 31.0 Å². The Labute approximate surface area is 51.9 Å². The largest absolute Gasteiger partial charge is 0.445 e. The molecular weight excluding hydrogens is 116 g/mol. The van der Waals surface area contributed by atoms with Crippen LogP contribution in [0.15, 0.2) is 22.9 Å². The second-order valence-electron chi connectivity index (χ2n) is 1.98. The van der Waals surface area contributed by atoms with Crippen LogP contribution >= 0.6 is 0 Å². The first-order valence-electron chi connectivity index (χ1n) is 2.73. The summed E-state index contributed by atoms with van der Waals surface area (Å²) in [5, 5.41) is 5.08. The number of nitrogens with zero attached hydrogens (tertiary/aromatic N) is 2. The predicted molar refractivity (Wildman–Crippen MR) is 33.0 cm³/mol. The van der Waals surface area contributed by atoms with Gasteiger partial charge in [-0.05, 0) is 6.07 Å². The monoisotopic (exact) mass is 122 g/mol. The molecule has 0 spiro atoms. The van der Waals surface area contributed by atoms with Crippen molar-refractivity contribution in [3.05, 3.63) is 18.5 Å². The van der Waals surface area contributed by atoms with E-state index >= 15 is 0 Å². The first kappa shape index (κ1) is 4.61. The fraction of sp³-hybridized carbons (Fsp3) is 0.167. The number of hydrogen-bond acceptors (Lipinski definition) is 2. The molecule has 0 atom stereocenters. The molecule has 2 aromatic rings. The van der Waals surface area contributed by atoms with Crippen LogP contribution < -0.4 is 0 Å². The van der Waals surface area contributed by atoms with Gasteiger partial charge >= 0.3 is 0 Å². The highest BCUT2D eigenvalue weighted by Crippen LogP contribution is 2.10. The van der Waals surface area contributed by atoms with E-state index in [0.717, 1.165) is 5.39 Å². The van der Waals surface area contributed by atoms with Crippen molar-refractivity contribution in [1.29, 1.82) is 0 Å². The third kappa shape index (κ3) is 0.543. The van der Waals surface area contributed by atoms with Crippen LogP contribution in [0.25, 0.3) is 11.1 Å². The number of rotatable bonds is 0. The Morgan fingerprint density at radius 1 is 1.67 bits per heavy atom. The van der Waals surface area contributed by atoms with Crippen LogP contribution in [-0.2, 0) is 7.05 Å². The molecule has 3 nitrogen and oxygen atoms in total. The van der Waals surface area contributed by atoms with Crippen molar-refractivity contribution in [3.63, 3.8) is 0 Å². The van der Waals surface area contributed by atoms with Crippen molar-refractivity contribution < 1.29 is 4.42 Å². The molecule has 0 aliphatic heterocycles. The molecule has 0 aromatic carbocycles. The first-order chi connectivity index (χ1) is 4.36. The summed E-state index contributed by atoms with van der Waals surface area (Å²) in [6, 6.07) is 1.89. The fourth-order valence-electron chi connectivity index (χ4n) is 0.864. The molecule has 2 rings (SSSR count). The summed E-state index contributed by atoms with van der Waals surface area (Å²) in [6.07, 6.45) is 3.55. The normalized spacial score (nSPS) is 10.8. The highest BCUT2D eigenvalue weighted by Gasteiger charge is 1.97. The third-order valence-corrected chi connectivity index (χ3v) is 1.25. The molecular formula is C6H6N2O. The second kappa shape index (κ2) is 1.37. The van der Waals surface area contributed by atoms with Gasteiger partial charge in [-0.1, -0.05) is 0 Å². The lowest BCUT2D eigenvalue weighted by atomic mass is 10.5. The third-order valence-electron chi connectivity index (χ3n) is 1.25. The van der Waals surface area contributed by atoms with Gasteiger partial charge in [-0.3, -0.25) is 4.68 Å². The summed E-state index contributed by atoms with van der Waals surface area (Å²) < 4.78 is 6.74. The van der Waals surface area contributed by atoms with Crippen LogP contribution in [0.2, 0.25) is 0 Å². The van der Waals surface area contributed by atoms with Crippen LogP contribution in [0.1, 0.15) is 0 Å². The van der Waals surface area contributed by atoms with Gasteiger partial charge in [0.25, 0.3) is 0 Å². The fourth-order valence-corrected chi connectivity index (χ4v) is 0.864. The molecule has 0 saturated heterocycles. The number of furan rings is 1. The van der Waals surface area contributed by atoms with Gasteiger partial charge in [-0.15, -0.1) is 5.10 Å². The molecule has 3 heteroatoms. The summed E-state index contributed by atoms with van der Waals surface area (Å²) in [4.78, 5) is 0. The maximum absolute atomic E-state index is 5.01. The molecule has 9 heavy (non-hydrogen) atoms. The van der Waals surface area contributed by atoms with Gasteiger partial charge in [-0.2, -0.15) is 0 Å². The summed E-state index contributed by atoms with van der Waals surface area (Å²) in [5.41, 5.74) is 0.706. The van der Waals surface area contributed by atoms with Gasteiger partial charge < -0.3 is 4.42 Å². The highest BCUT2D eigenvalue weighted by molar-refractivity contribution is 5.71. The summed E-state index contributed by atoms with van der Waals surface area (Å²) in [7, 11) is 1.87. The smallest absolute Gasteiger partial charge is 0.245 e. The van der Waals surface area contributed by atoms with Crippen LogP contribution in [0.3, 0.4) is 0 Å². The first-order valence-corrected chi connectivity index (χ1v) is 2.73. The molecule has 0 fully saturated rings. The highest BCUT2D eigenvalue weighted by atomic mass is 16.3. The van der Waals surface area contributed by atoms with E-state index in [-0.39, 0.29) is 0 Å². The predicted octanol–water partition coefficient (Wildman–Crippen LogP) is 1.17. The maximum atomic E-state index is 5.01. The molecule has 0 N–H and O–H groups in total. The minimum Gasteiger partial charge on any atom is -0.445 e. The van der Waals surface area contributed by atoms with Crippen LogP contribution in [0.5, 0.6) is 0 Å². The zero-order valence-electron chi connectivity index (χ0n) is 5.03. The molecule has 46 valence electrons. The number of fused-ring (bicyclic) bond motifs is 1. The maximum Gasteiger partial charge on any atom is 0.245 e. The minimum absolute atomic E-state index is 0.706. The minimum atomic E-state index is 0.706. The standard InChI is InChI=1S/C6H6N2O/c1-8-4-5-2-3-9-6(5)7-8/h2-4H,1H3. The van der Waals surface area contributed by atoms with E-state index in [1.54, 1.807) is 10.9 Å². The summed E-state index contributed by atoms with van der Waals surface area (Å²) in [5.74, 6) is 0. The second-order valence-corrected chi connectivity index (χ2v) is 1.98. The van der Waals surface area contributed by atoms with Crippen molar-refractivity contribution in [2.45, 2.75) is 0 Å². The Morgan fingerprint density at radius 2 is 2.56 bits per heavy atom. The molecule has 0 radical (unpaired) electrons. The quantitative estimate of drug-likeness (QED) is 0.525. The zero-order chi connectivity index (χ0) is 6.27. The van der Waals surface area contributed by atoms with Gasteiger partial charge in [0.2, 0.25) is 5.71 Å². The Hall–Kier alpha value is -1.25. The average Bonchev–Trinajstić information content (AvgIpc) is 2.22. The van der Waals surface area contributed by atoms with Gasteiger partial charge in [-0.25, -0.2) is 0 Å². The number of aromatic nitrogens is 2. The van der Waals surface area contributed by atoms with Gasteiger partial charge in [0.15, 0.2) is 0 Å². The van der Waals surface area contributed by atoms with E-state index in [9.17, 15) is 0 Å². The molecule has 0 aliphatic carbocycles. The lowest BCUT2D eigenvalue weighted by molar-refractivity contribution is 0.587. The lowest BCUT2D eigenvalue weighted by Crippen LogP contribution is -1.84. The van der Waals surface area contributed by atoms with Crippen molar-refractivity contribution in [1.82, 2.24) is 9.78 Å². The Bertz CT molecular complexity index is 292. The van der Waals surface area contributed by atoms with E-state index < -0.39 is 0 Å². The number of hydrogen-bond donors (Lipinski definition) is 0. The Morgan fingerprint density at radius 3 is 3.33 bits per heavy atom. The van der Waals surface area contributed by atoms with E-state index in [0.29, 0.717) is 5.71 Å². The van der Waals surface area contributed by atoms with Crippen molar-refractivity contribution in [3.8, 4) is 0 Å². The van der Waals surface area contributed by atoms with Crippen molar-refractivity contribution in [2.24, 2.45) is 7.05 Å². The average molecular weight is 122 g/mol. The molecule has 0 amide bonds. The summed E-state index contributed by atoms with van der Waals surface area (Å²) in [6.45, 7) is 0. The van der Waals surface area contributed by atoms with Crippen LogP contribution in [0, 0.1) is 0 Å².